The highest BCUT2D eigenvalue weighted by molar-refractivity contribution is 6.31. The number of nitrogens with zero attached hydrogens (tertiary/aromatic N) is 2. The molecule has 0 bridgehead atoms. The Kier molecular flexibility index (Phi) is 4.78. The molecule has 2 aromatic rings. The maximum absolute atomic E-state index is 12.2. The molecule has 1 fully saturated rings. The Bertz CT molecular complexity index is 730. The molecule has 1 saturated heterocycles. The highest BCUT2D eigenvalue weighted by atomic mass is 35.5. The van der Waals surface area contributed by atoms with Gasteiger partial charge in [-0.1, -0.05) is 25.4 Å². The molecule has 0 aliphatic carbocycles. The van der Waals surface area contributed by atoms with Crippen molar-refractivity contribution in [3.63, 3.8) is 0 Å². The smallest absolute Gasteiger partial charge is 0.270 e. The summed E-state index contributed by atoms with van der Waals surface area (Å²) in [5.74, 6) is 1.11. The zero-order valence-electron chi connectivity index (χ0n) is 13.3. The van der Waals surface area contributed by atoms with E-state index in [9.17, 15) is 4.79 Å². The average Bonchev–Trinajstić information content (AvgIpc) is 2.58. The molecule has 6 heteroatoms. The van der Waals surface area contributed by atoms with Gasteiger partial charge in [0, 0.05) is 30.5 Å². The molecule has 5 nitrogen and oxygen atoms in total. The van der Waals surface area contributed by atoms with Gasteiger partial charge in [0.25, 0.3) is 5.56 Å². The average molecular weight is 334 g/mol. The highest BCUT2D eigenvalue weighted by Crippen LogP contribution is 2.34. The summed E-state index contributed by atoms with van der Waals surface area (Å²) in [5, 5.41) is 0.192. The summed E-state index contributed by atoms with van der Waals surface area (Å²) in [6.07, 6.45) is 5.19. The van der Waals surface area contributed by atoms with Crippen LogP contribution in [0.25, 0.3) is 11.4 Å². The number of aromatic nitrogens is 3. The van der Waals surface area contributed by atoms with Crippen molar-refractivity contribution < 1.29 is 4.74 Å². The maximum Gasteiger partial charge on any atom is 0.270 e. The van der Waals surface area contributed by atoms with Crippen molar-refractivity contribution in [1.29, 1.82) is 0 Å². The first-order chi connectivity index (χ1) is 11.1. The number of nitrogens with one attached hydrogen (secondary N) is 1. The van der Waals surface area contributed by atoms with Crippen LogP contribution in [0.1, 0.15) is 38.3 Å². The van der Waals surface area contributed by atoms with E-state index in [4.69, 9.17) is 16.3 Å². The molecule has 0 radical (unpaired) electrons. The molecule has 0 spiro atoms. The lowest BCUT2D eigenvalue weighted by atomic mass is 9.88. The lowest BCUT2D eigenvalue weighted by Crippen LogP contribution is -2.30. The molecule has 3 rings (SSSR count). The van der Waals surface area contributed by atoms with Crippen LogP contribution in [0.5, 0.6) is 0 Å². The van der Waals surface area contributed by atoms with E-state index >= 15 is 0 Å². The van der Waals surface area contributed by atoms with Crippen molar-refractivity contribution in [2.24, 2.45) is 5.92 Å². The summed E-state index contributed by atoms with van der Waals surface area (Å²) < 4.78 is 5.81. The Morgan fingerprint density at radius 1 is 1.35 bits per heavy atom. The number of H-pyrrole nitrogens is 1. The van der Waals surface area contributed by atoms with Crippen LogP contribution in [0.2, 0.25) is 5.02 Å². The summed E-state index contributed by atoms with van der Waals surface area (Å²) in [6, 6.07) is 3.63. The lowest BCUT2D eigenvalue weighted by molar-refractivity contribution is -0.0206. The van der Waals surface area contributed by atoms with E-state index in [1.165, 1.54) is 0 Å². The van der Waals surface area contributed by atoms with Crippen LogP contribution in [0.15, 0.2) is 29.3 Å². The van der Waals surface area contributed by atoms with Gasteiger partial charge in [-0.3, -0.25) is 9.78 Å². The van der Waals surface area contributed by atoms with Gasteiger partial charge in [0.15, 0.2) is 0 Å². The first-order valence-corrected chi connectivity index (χ1v) is 8.25. The van der Waals surface area contributed by atoms with Crippen LogP contribution in [-0.2, 0) is 4.74 Å². The van der Waals surface area contributed by atoms with E-state index < -0.39 is 0 Å². The molecule has 1 N–H and O–H groups in total. The largest absolute Gasteiger partial charge is 0.378 e. The van der Waals surface area contributed by atoms with Gasteiger partial charge >= 0.3 is 0 Å². The van der Waals surface area contributed by atoms with Gasteiger partial charge in [-0.25, -0.2) is 4.98 Å². The van der Waals surface area contributed by atoms with Crippen LogP contribution in [0.3, 0.4) is 0 Å². The fourth-order valence-corrected chi connectivity index (χ4v) is 3.18. The molecule has 2 aromatic heterocycles. The van der Waals surface area contributed by atoms with Gasteiger partial charge in [-0.2, -0.15) is 0 Å². The Balaban J connectivity index is 1.99. The number of rotatable bonds is 3. The summed E-state index contributed by atoms with van der Waals surface area (Å²) in [6.45, 7) is 4.95. The van der Waals surface area contributed by atoms with Gasteiger partial charge in [0.1, 0.15) is 10.8 Å². The number of hydrogen-bond donors (Lipinski definition) is 1. The van der Waals surface area contributed by atoms with E-state index in [0.29, 0.717) is 24.0 Å². The molecule has 23 heavy (non-hydrogen) atoms. The molecule has 0 amide bonds. The molecule has 2 unspecified atom stereocenters. The second kappa shape index (κ2) is 6.81. The van der Waals surface area contributed by atoms with Crippen LogP contribution in [0, 0.1) is 5.92 Å². The minimum atomic E-state index is -0.295. The van der Waals surface area contributed by atoms with E-state index in [1.54, 1.807) is 12.4 Å². The van der Waals surface area contributed by atoms with Gasteiger partial charge in [0.2, 0.25) is 0 Å². The molecule has 0 saturated carbocycles. The van der Waals surface area contributed by atoms with Gasteiger partial charge in [-0.15, -0.1) is 0 Å². The lowest BCUT2D eigenvalue weighted by Gasteiger charge is -2.32. The molecule has 0 aromatic carbocycles. The fourth-order valence-electron chi connectivity index (χ4n) is 2.93. The van der Waals surface area contributed by atoms with Crippen molar-refractivity contribution in [2.45, 2.75) is 38.7 Å². The fraction of sp³-hybridized carbons (Fsp3) is 0.471. The van der Waals surface area contributed by atoms with Crippen molar-refractivity contribution in [1.82, 2.24) is 15.0 Å². The molecule has 122 valence electrons. The van der Waals surface area contributed by atoms with Crippen molar-refractivity contribution in [3.05, 3.63) is 45.6 Å². The zero-order chi connectivity index (χ0) is 16.4. The third-order valence-electron chi connectivity index (χ3n) is 4.29. The first kappa shape index (κ1) is 16.1. The second-order valence-electron chi connectivity index (χ2n) is 6.22. The summed E-state index contributed by atoms with van der Waals surface area (Å²) in [7, 11) is 0. The predicted molar refractivity (Wildman–Crippen MR) is 89.7 cm³/mol. The molecule has 1 aliphatic rings. The van der Waals surface area contributed by atoms with Gasteiger partial charge in [-0.05, 0) is 30.9 Å². The molecular formula is C17H20ClN3O2. The third kappa shape index (κ3) is 3.46. The second-order valence-corrected chi connectivity index (χ2v) is 6.60. The van der Waals surface area contributed by atoms with E-state index in [0.717, 1.165) is 18.4 Å². The topological polar surface area (TPSA) is 67.9 Å². The molecule has 1 aliphatic heterocycles. The van der Waals surface area contributed by atoms with Gasteiger partial charge in [0.05, 0.1) is 11.8 Å². The van der Waals surface area contributed by atoms with Crippen LogP contribution in [0.4, 0.5) is 0 Å². The van der Waals surface area contributed by atoms with Crippen molar-refractivity contribution >= 4 is 11.6 Å². The first-order valence-electron chi connectivity index (χ1n) is 7.88. The Morgan fingerprint density at radius 3 is 2.78 bits per heavy atom. The molecule has 3 heterocycles. The Hall–Kier alpha value is -1.72. The summed E-state index contributed by atoms with van der Waals surface area (Å²) in [4.78, 5) is 23.6. The third-order valence-corrected chi connectivity index (χ3v) is 4.65. The van der Waals surface area contributed by atoms with Crippen molar-refractivity contribution in [2.75, 3.05) is 6.61 Å². The maximum atomic E-state index is 12.2. The van der Waals surface area contributed by atoms with E-state index in [2.05, 4.69) is 28.8 Å². The minimum Gasteiger partial charge on any atom is -0.378 e. The number of aromatic amines is 1. The minimum absolute atomic E-state index is 0.145. The quantitative estimate of drug-likeness (QED) is 0.934. The molecule has 2 atom stereocenters. The van der Waals surface area contributed by atoms with E-state index in [-0.39, 0.29) is 22.6 Å². The van der Waals surface area contributed by atoms with Crippen LogP contribution < -0.4 is 5.56 Å². The van der Waals surface area contributed by atoms with Gasteiger partial charge < -0.3 is 9.72 Å². The van der Waals surface area contributed by atoms with Crippen LogP contribution >= 0.6 is 11.6 Å². The SMILES string of the molecule is CC(C)C1CC(c2nc(-c3ccncc3)[nH]c(=O)c2Cl)CCO1. The Morgan fingerprint density at radius 2 is 2.09 bits per heavy atom. The number of hydrogen-bond acceptors (Lipinski definition) is 4. The van der Waals surface area contributed by atoms with Crippen LogP contribution in [-0.4, -0.2) is 27.7 Å². The zero-order valence-corrected chi connectivity index (χ0v) is 14.0. The van der Waals surface area contributed by atoms with E-state index in [1.807, 2.05) is 12.1 Å². The summed E-state index contributed by atoms with van der Waals surface area (Å²) in [5.41, 5.74) is 1.20. The summed E-state index contributed by atoms with van der Waals surface area (Å²) >= 11 is 6.25. The number of pyridine rings is 1. The predicted octanol–water partition coefficient (Wildman–Crippen LogP) is 3.40. The van der Waals surface area contributed by atoms with Crippen molar-refractivity contribution in [3.8, 4) is 11.4 Å². The highest BCUT2D eigenvalue weighted by Gasteiger charge is 2.29. The Labute approximate surface area is 140 Å². The normalized spacial score (nSPS) is 21.6. The monoisotopic (exact) mass is 333 g/mol. The number of ether oxygens (including phenoxy) is 1. The number of halogens is 1. The molecular weight excluding hydrogens is 314 g/mol. The standard InChI is InChI=1S/C17H20ClN3O2/c1-10(2)13-9-12(5-8-23-13)15-14(18)17(22)21-16(20-15)11-3-6-19-7-4-11/h3-4,6-7,10,12-13H,5,8-9H2,1-2H3,(H,20,21,22).